The zero-order valence-corrected chi connectivity index (χ0v) is 28.3. The van der Waals surface area contributed by atoms with Crippen LogP contribution in [0.4, 0.5) is 28.7 Å². The van der Waals surface area contributed by atoms with Crippen LogP contribution in [0.15, 0.2) is 61.4 Å². The minimum Gasteiger partial charge on any atom is -0.494 e. The van der Waals surface area contributed by atoms with Gasteiger partial charge in [-0.2, -0.15) is 5.26 Å². The molecule has 12 nitrogen and oxygen atoms in total. The van der Waals surface area contributed by atoms with Crippen LogP contribution in [0.5, 0.6) is 5.75 Å². The van der Waals surface area contributed by atoms with Crippen molar-refractivity contribution in [2.75, 3.05) is 67.0 Å². The van der Waals surface area contributed by atoms with Gasteiger partial charge in [0.2, 0.25) is 5.91 Å². The molecule has 0 unspecified atom stereocenters. The molecular weight excluding hydrogens is 618 g/mol. The molecule has 0 bridgehead atoms. The average molecular weight is 664 g/mol. The Kier molecular flexibility index (Phi) is 9.66. The maximum atomic E-state index is 12.6. The molecule has 4 heterocycles. The summed E-state index contributed by atoms with van der Waals surface area (Å²) in [4.78, 5) is 35.4. The van der Waals surface area contributed by atoms with Crippen molar-refractivity contribution in [2.45, 2.75) is 63.2 Å². The summed E-state index contributed by atoms with van der Waals surface area (Å²) in [5, 5.41) is 17.6. The van der Waals surface area contributed by atoms with Gasteiger partial charge in [0.05, 0.1) is 48.5 Å². The predicted molar refractivity (Wildman–Crippen MR) is 190 cm³/mol. The van der Waals surface area contributed by atoms with E-state index in [2.05, 4.69) is 54.9 Å². The van der Waals surface area contributed by atoms with Crippen molar-refractivity contribution in [1.82, 2.24) is 19.8 Å². The zero-order chi connectivity index (χ0) is 33.9. The van der Waals surface area contributed by atoms with Gasteiger partial charge in [0.25, 0.3) is 0 Å². The van der Waals surface area contributed by atoms with Crippen LogP contribution < -0.4 is 25.3 Å². The molecule has 12 heteroatoms. The number of carbonyl (C=O) groups excluding carboxylic acids is 1. The fraction of sp³-hybridized carbons (Fsp3) is 0.459. The molecule has 4 aliphatic rings. The van der Waals surface area contributed by atoms with Gasteiger partial charge in [0, 0.05) is 69.4 Å². The summed E-state index contributed by atoms with van der Waals surface area (Å²) in [5.74, 6) is 1.47. The first-order valence-electron chi connectivity index (χ1n) is 17.4. The lowest BCUT2D eigenvalue weighted by molar-refractivity contribution is -0.111. The molecule has 0 spiro atoms. The number of piperidine rings is 1. The normalized spacial score (nSPS) is 22.1. The average Bonchev–Trinajstić information content (AvgIpc) is 3.87. The second-order valence-electron chi connectivity index (χ2n) is 13.4. The SMILES string of the molecule is C=CC(=O)Nc1cc(Nc2cc(N3OCC[C@@H]3c3cccc(C#N)c3)ncn2)c(OC)cc1N1CCC(N2CCN(C3CC3)C[C@H]2C)CC1. The summed E-state index contributed by atoms with van der Waals surface area (Å²) >= 11 is 0. The summed E-state index contributed by atoms with van der Waals surface area (Å²) in [7, 11) is 1.64. The molecule has 1 aliphatic carbocycles. The molecule has 49 heavy (non-hydrogen) atoms. The third-order valence-corrected chi connectivity index (χ3v) is 10.3. The van der Waals surface area contributed by atoms with Gasteiger partial charge in [-0.25, -0.2) is 15.0 Å². The van der Waals surface area contributed by atoms with Gasteiger partial charge in [-0.05, 0) is 62.4 Å². The third kappa shape index (κ3) is 7.20. The first-order valence-corrected chi connectivity index (χ1v) is 17.4. The number of methoxy groups -OCH3 is 1. The molecule has 3 saturated heterocycles. The van der Waals surface area contributed by atoms with Crippen LogP contribution >= 0.6 is 0 Å². The smallest absolute Gasteiger partial charge is 0.247 e. The number of rotatable bonds is 10. The van der Waals surface area contributed by atoms with Gasteiger partial charge in [0.15, 0.2) is 5.82 Å². The van der Waals surface area contributed by atoms with Crippen LogP contribution in [0.1, 0.15) is 56.2 Å². The topological polar surface area (TPSA) is 122 Å². The first kappa shape index (κ1) is 32.8. The number of hydrogen-bond donors (Lipinski definition) is 2. The number of aromatic nitrogens is 2. The van der Waals surface area contributed by atoms with Gasteiger partial charge in [-0.3, -0.25) is 19.4 Å². The van der Waals surface area contributed by atoms with Crippen molar-refractivity contribution in [3.63, 3.8) is 0 Å². The van der Waals surface area contributed by atoms with E-state index in [0.717, 1.165) is 56.2 Å². The molecule has 7 rings (SSSR count). The minimum absolute atomic E-state index is 0.0923. The van der Waals surface area contributed by atoms with Crippen LogP contribution in [-0.4, -0.2) is 90.2 Å². The molecule has 3 aliphatic heterocycles. The van der Waals surface area contributed by atoms with Crippen molar-refractivity contribution in [3.05, 3.63) is 72.6 Å². The number of carbonyl (C=O) groups is 1. The molecule has 0 radical (unpaired) electrons. The summed E-state index contributed by atoms with van der Waals surface area (Å²) in [6, 6.07) is 17.3. The van der Waals surface area contributed by atoms with Gasteiger partial charge in [0.1, 0.15) is 17.9 Å². The van der Waals surface area contributed by atoms with Crippen molar-refractivity contribution in [2.24, 2.45) is 0 Å². The molecular formula is C37H45N9O3. The highest BCUT2D eigenvalue weighted by molar-refractivity contribution is 6.02. The van der Waals surface area contributed by atoms with Crippen LogP contribution in [0.3, 0.4) is 0 Å². The van der Waals surface area contributed by atoms with Crippen molar-refractivity contribution >= 4 is 34.6 Å². The van der Waals surface area contributed by atoms with Gasteiger partial charge < -0.3 is 20.3 Å². The number of benzene rings is 2. The Morgan fingerprint density at radius 3 is 2.61 bits per heavy atom. The quantitative estimate of drug-likeness (QED) is 0.277. The first-order chi connectivity index (χ1) is 23.9. The van der Waals surface area contributed by atoms with E-state index in [1.54, 1.807) is 18.2 Å². The standard InChI is InChI=1S/C37H45N9O3/c1-4-37(47)42-30-19-31(41-35-21-36(40-24-39-35)46-32(12-17-49-46)27-7-5-6-26(18-27)22-38)34(48-3)20-33(30)43-13-10-29(11-14-43)45-16-15-44(23-25(45)2)28-8-9-28/h4-7,18-21,24-25,28-29,32H,1,8-17,23H2,2-3H3,(H,42,47)(H,39,40,41)/t25-,32-/m1/s1. The highest BCUT2D eigenvalue weighted by Crippen LogP contribution is 2.41. The predicted octanol–water partition coefficient (Wildman–Crippen LogP) is 5.25. The Labute approximate surface area is 288 Å². The van der Waals surface area contributed by atoms with Crippen LogP contribution in [0, 0.1) is 11.3 Å². The van der Waals surface area contributed by atoms with Crippen LogP contribution in [0.25, 0.3) is 0 Å². The fourth-order valence-electron chi connectivity index (χ4n) is 7.62. The van der Waals surface area contributed by atoms with E-state index in [1.165, 1.54) is 38.3 Å². The van der Waals surface area contributed by atoms with Crippen molar-refractivity contribution < 1.29 is 14.4 Å². The molecule has 256 valence electrons. The van der Waals surface area contributed by atoms with E-state index < -0.39 is 0 Å². The minimum atomic E-state index is -0.281. The molecule has 2 atom stereocenters. The van der Waals surface area contributed by atoms with Crippen LogP contribution in [-0.2, 0) is 9.63 Å². The largest absolute Gasteiger partial charge is 0.494 e. The summed E-state index contributed by atoms with van der Waals surface area (Å²) < 4.78 is 5.89. The van der Waals surface area contributed by atoms with E-state index >= 15 is 0 Å². The second-order valence-corrected chi connectivity index (χ2v) is 13.4. The monoisotopic (exact) mass is 663 g/mol. The fourth-order valence-corrected chi connectivity index (χ4v) is 7.62. The number of nitriles is 1. The van der Waals surface area contributed by atoms with E-state index in [4.69, 9.17) is 9.57 Å². The number of piperazine rings is 1. The van der Waals surface area contributed by atoms with E-state index in [0.29, 0.717) is 53.0 Å². The number of nitrogens with zero attached hydrogens (tertiary/aromatic N) is 7. The van der Waals surface area contributed by atoms with Crippen molar-refractivity contribution in [3.8, 4) is 11.8 Å². The number of hydrogen-bond acceptors (Lipinski definition) is 11. The number of nitrogens with one attached hydrogen (secondary N) is 2. The molecule has 1 aromatic heterocycles. The highest BCUT2D eigenvalue weighted by Gasteiger charge is 2.37. The summed E-state index contributed by atoms with van der Waals surface area (Å²) in [6.07, 6.45) is 8.39. The lowest BCUT2D eigenvalue weighted by Crippen LogP contribution is -2.57. The summed E-state index contributed by atoms with van der Waals surface area (Å²) in [6.45, 7) is 11.8. The summed E-state index contributed by atoms with van der Waals surface area (Å²) in [5.41, 5.74) is 3.82. The maximum Gasteiger partial charge on any atom is 0.247 e. The van der Waals surface area contributed by atoms with E-state index in [9.17, 15) is 10.1 Å². The molecule has 1 amide bonds. The number of ether oxygens (including phenoxy) is 1. The maximum absolute atomic E-state index is 12.6. The third-order valence-electron chi connectivity index (χ3n) is 10.3. The molecule has 2 N–H and O–H groups in total. The van der Waals surface area contributed by atoms with Gasteiger partial charge in [-0.15, -0.1) is 0 Å². The zero-order valence-electron chi connectivity index (χ0n) is 28.3. The Morgan fingerprint density at radius 2 is 1.88 bits per heavy atom. The molecule has 2 aromatic carbocycles. The Balaban J connectivity index is 1.09. The molecule has 4 fully saturated rings. The Morgan fingerprint density at radius 1 is 1.04 bits per heavy atom. The number of amides is 1. The molecule has 1 saturated carbocycles. The van der Waals surface area contributed by atoms with Gasteiger partial charge in [-0.1, -0.05) is 18.7 Å². The van der Waals surface area contributed by atoms with E-state index in [1.807, 2.05) is 36.4 Å². The number of hydroxylamine groups is 1. The van der Waals surface area contributed by atoms with E-state index in [-0.39, 0.29) is 11.9 Å². The second kappa shape index (κ2) is 14.4. The number of anilines is 5. The van der Waals surface area contributed by atoms with Crippen molar-refractivity contribution in [1.29, 1.82) is 5.26 Å². The Bertz CT molecular complexity index is 1720. The Hall–Kier alpha value is -4.70. The lowest BCUT2D eigenvalue weighted by Gasteiger charge is -2.47. The highest BCUT2D eigenvalue weighted by atomic mass is 16.7. The molecule has 3 aromatic rings. The van der Waals surface area contributed by atoms with Crippen LogP contribution in [0.2, 0.25) is 0 Å². The lowest BCUT2D eigenvalue weighted by atomic mass is 9.99. The van der Waals surface area contributed by atoms with Gasteiger partial charge >= 0.3 is 0 Å².